The number of halogens is 6. The Morgan fingerprint density at radius 2 is 1.88 bits per heavy atom. The minimum Gasteiger partial charge on any atom is -0.444 e. The molecule has 0 N–H and O–H groups in total. The lowest BCUT2D eigenvalue weighted by molar-refractivity contribution is -0.0328. The Morgan fingerprint density at radius 3 is 2.44 bits per heavy atom. The molecule has 13 heteroatoms. The first-order chi connectivity index (χ1) is 14.7. The van der Waals surface area contributed by atoms with Crippen molar-refractivity contribution in [3.63, 3.8) is 0 Å². The van der Waals surface area contributed by atoms with Gasteiger partial charge in [-0.1, -0.05) is 0 Å². The van der Waals surface area contributed by atoms with Crippen LogP contribution < -0.4 is 4.90 Å². The van der Waals surface area contributed by atoms with Gasteiger partial charge in [0.05, 0.1) is 4.47 Å². The number of carbonyl (C=O) groups excluding carboxylic acids is 1. The molecule has 1 aliphatic heterocycles. The first kappa shape index (κ1) is 24.7. The molecule has 1 aromatic heterocycles. The van der Waals surface area contributed by atoms with Gasteiger partial charge >= 0.3 is 17.7 Å². The molecule has 2 heterocycles. The molecule has 1 amide bonds. The number of hydrogen-bond acceptors (Lipinski definition) is 6. The number of amides is 1. The number of anilines is 1. The molecule has 0 aliphatic carbocycles. The molecule has 0 bridgehead atoms. The van der Waals surface area contributed by atoms with Crippen LogP contribution in [0.4, 0.5) is 32.6 Å². The molecule has 1 fully saturated rings. The topological polar surface area (TPSA) is 58.6 Å². The highest BCUT2D eigenvalue weighted by Crippen LogP contribution is 2.44. The average Bonchev–Trinajstić information content (AvgIpc) is 2.63. The summed E-state index contributed by atoms with van der Waals surface area (Å²) >= 11 is 2.31. The summed E-state index contributed by atoms with van der Waals surface area (Å²) in [6, 6.07) is 0.682. The normalized spacial score (nSPS) is 17.8. The smallest absolute Gasteiger partial charge is 0.444 e. The maximum atomic E-state index is 14.8. The Bertz CT molecular complexity index is 1050. The summed E-state index contributed by atoms with van der Waals surface area (Å²) in [4.78, 5) is 22.2. The predicted molar refractivity (Wildman–Crippen MR) is 114 cm³/mol. The van der Waals surface area contributed by atoms with Gasteiger partial charge in [0.1, 0.15) is 16.9 Å². The van der Waals surface area contributed by atoms with Crippen LogP contribution >= 0.6 is 27.7 Å². The van der Waals surface area contributed by atoms with Crippen molar-refractivity contribution in [2.75, 3.05) is 24.5 Å². The van der Waals surface area contributed by atoms with Crippen LogP contribution in [0.5, 0.6) is 0 Å². The van der Waals surface area contributed by atoms with E-state index in [9.17, 15) is 26.7 Å². The monoisotopic (exact) mass is 542 g/mol. The fourth-order valence-electron chi connectivity index (χ4n) is 3.32. The van der Waals surface area contributed by atoms with Crippen molar-refractivity contribution < 1.29 is 31.5 Å². The fourth-order valence-corrected chi connectivity index (χ4v) is 4.47. The summed E-state index contributed by atoms with van der Waals surface area (Å²) in [6.45, 7) is 7.55. The first-order valence-electron chi connectivity index (χ1n) is 9.52. The third-order valence-corrected chi connectivity index (χ3v) is 6.38. The van der Waals surface area contributed by atoms with Gasteiger partial charge in [-0.15, -0.1) is 0 Å². The van der Waals surface area contributed by atoms with Crippen LogP contribution in [0.1, 0.15) is 27.7 Å². The summed E-state index contributed by atoms with van der Waals surface area (Å²) in [5, 5.41) is -0.0589. The zero-order valence-electron chi connectivity index (χ0n) is 17.6. The van der Waals surface area contributed by atoms with E-state index in [1.165, 1.54) is 4.90 Å². The number of carbonyl (C=O) groups is 1. The highest BCUT2D eigenvalue weighted by molar-refractivity contribution is 9.10. The third-order valence-electron chi connectivity index (χ3n) is 4.57. The molecule has 6 nitrogen and oxygen atoms in total. The van der Waals surface area contributed by atoms with Gasteiger partial charge in [0.2, 0.25) is 0 Å². The lowest BCUT2D eigenvalue weighted by atomic mass is 10.1. The van der Waals surface area contributed by atoms with Gasteiger partial charge < -0.3 is 14.5 Å². The summed E-state index contributed by atoms with van der Waals surface area (Å²) in [5.74, 6) is -1.16. The summed E-state index contributed by atoms with van der Waals surface area (Å²) < 4.78 is 72.7. The Morgan fingerprint density at radius 1 is 1.22 bits per heavy atom. The fraction of sp³-hybridized carbons (Fsp3) is 0.526. The van der Waals surface area contributed by atoms with Gasteiger partial charge in [-0.2, -0.15) is 27.5 Å². The molecule has 2 aromatic rings. The largest absolute Gasteiger partial charge is 0.446 e. The molecule has 1 aliphatic rings. The Labute approximate surface area is 193 Å². The Balaban J connectivity index is 1.99. The SMILES string of the molecule is CC1CN(C(=O)OC(C)(C)C)CCN1c1nc(F)nc2c(F)c(Br)c(SC(F)(F)F)cc12. The van der Waals surface area contributed by atoms with Gasteiger partial charge in [-0.05, 0) is 61.5 Å². The number of alkyl halides is 3. The van der Waals surface area contributed by atoms with Crippen LogP contribution in [0.3, 0.4) is 0 Å². The van der Waals surface area contributed by atoms with E-state index in [0.717, 1.165) is 6.07 Å². The van der Waals surface area contributed by atoms with Crippen LogP contribution in [0.2, 0.25) is 0 Å². The Kier molecular flexibility index (Phi) is 6.81. The second-order valence-corrected chi connectivity index (χ2v) is 10.1. The van der Waals surface area contributed by atoms with Crippen LogP contribution in [0.15, 0.2) is 15.4 Å². The molecule has 1 unspecified atom stereocenters. The highest BCUT2D eigenvalue weighted by atomic mass is 79.9. The third kappa shape index (κ3) is 5.53. The average molecular weight is 543 g/mol. The van der Waals surface area contributed by atoms with Crippen molar-refractivity contribution in [3.8, 4) is 0 Å². The number of ether oxygens (including phenoxy) is 1. The van der Waals surface area contributed by atoms with E-state index >= 15 is 0 Å². The zero-order valence-corrected chi connectivity index (χ0v) is 20.0. The number of fused-ring (bicyclic) bond motifs is 1. The maximum Gasteiger partial charge on any atom is 0.446 e. The second-order valence-electron chi connectivity index (χ2n) is 8.23. The minimum absolute atomic E-state index is 0.0423. The summed E-state index contributed by atoms with van der Waals surface area (Å²) in [6.07, 6.45) is -1.72. The van der Waals surface area contributed by atoms with Crippen LogP contribution in [-0.2, 0) is 4.74 Å². The van der Waals surface area contributed by atoms with Gasteiger partial charge in [0, 0.05) is 36.0 Å². The van der Waals surface area contributed by atoms with Crippen LogP contribution in [0.25, 0.3) is 10.9 Å². The maximum absolute atomic E-state index is 14.8. The van der Waals surface area contributed by atoms with E-state index in [0.29, 0.717) is 0 Å². The second kappa shape index (κ2) is 8.81. The Hall–Kier alpha value is -1.89. The van der Waals surface area contributed by atoms with E-state index in [2.05, 4.69) is 25.9 Å². The van der Waals surface area contributed by atoms with Crippen molar-refractivity contribution in [2.24, 2.45) is 0 Å². The molecule has 1 aromatic carbocycles. The molecule has 0 spiro atoms. The van der Waals surface area contributed by atoms with Crippen molar-refractivity contribution in [1.29, 1.82) is 0 Å². The molecule has 0 radical (unpaired) electrons. The van der Waals surface area contributed by atoms with Gasteiger partial charge in [-0.25, -0.2) is 9.18 Å². The van der Waals surface area contributed by atoms with E-state index in [4.69, 9.17) is 4.74 Å². The van der Waals surface area contributed by atoms with E-state index in [1.807, 2.05) is 0 Å². The number of benzene rings is 1. The minimum atomic E-state index is -4.66. The molecular formula is C19H20BrF5N4O2S. The zero-order chi connectivity index (χ0) is 24.0. The number of hydrogen-bond donors (Lipinski definition) is 0. The molecule has 3 rings (SSSR count). The molecule has 1 atom stereocenters. The first-order valence-corrected chi connectivity index (χ1v) is 11.1. The quantitative estimate of drug-likeness (QED) is 0.274. The molecule has 1 saturated heterocycles. The molecule has 0 saturated carbocycles. The number of nitrogens with zero attached hydrogens (tertiary/aromatic N) is 4. The van der Waals surface area contributed by atoms with Crippen molar-refractivity contribution >= 4 is 50.5 Å². The van der Waals surface area contributed by atoms with Crippen molar-refractivity contribution in [3.05, 3.63) is 22.4 Å². The highest BCUT2D eigenvalue weighted by Gasteiger charge is 2.34. The van der Waals surface area contributed by atoms with Gasteiger partial charge in [0.15, 0.2) is 5.82 Å². The lowest BCUT2D eigenvalue weighted by Crippen LogP contribution is -2.55. The number of thioether (sulfide) groups is 1. The number of rotatable bonds is 2. The van der Waals surface area contributed by atoms with Gasteiger partial charge in [-0.3, -0.25) is 0 Å². The van der Waals surface area contributed by atoms with E-state index in [-0.39, 0.29) is 30.8 Å². The number of piperazine rings is 1. The summed E-state index contributed by atoms with van der Waals surface area (Å²) in [7, 11) is 0. The van der Waals surface area contributed by atoms with Gasteiger partial charge in [0.25, 0.3) is 0 Å². The number of aromatic nitrogens is 2. The molecule has 32 heavy (non-hydrogen) atoms. The lowest BCUT2D eigenvalue weighted by Gasteiger charge is -2.41. The summed E-state index contributed by atoms with van der Waals surface area (Å²) in [5.41, 5.74) is -5.77. The van der Waals surface area contributed by atoms with Crippen LogP contribution in [-0.4, -0.2) is 57.7 Å². The molecule has 176 valence electrons. The molecular weight excluding hydrogens is 523 g/mol. The van der Waals surface area contributed by atoms with Crippen LogP contribution in [0, 0.1) is 11.9 Å². The van der Waals surface area contributed by atoms with Crippen molar-refractivity contribution in [2.45, 2.75) is 49.7 Å². The van der Waals surface area contributed by atoms with Crippen molar-refractivity contribution in [1.82, 2.24) is 14.9 Å². The standard InChI is InChI=1S/C19H20BrF5N4O2S/c1-9-8-28(17(30)31-18(2,3)4)5-6-29(9)15-10-7-11(32-19(23,24)25)12(20)13(21)14(10)26-16(22)27-15/h7,9H,5-6,8H2,1-4H3. The predicted octanol–water partition coefficient (Wildman–Crippen LogP) is 5.73. The van der Waals surface area contributed by atoms with E-state index < -0.39 is 61.8 Å². The van der Waals surface area contributed by atoms with E-state index in [1.54, 1.807) is 32.6 Å².